The number of carbonyl (C=O) groups is 3. The number of carbonyl (C=O) groups excluding carboxylic acids is 3. The van der Waals surface area contributed by atoms with Crippen molar-refractivity contribution in [3.05, 3.63) is 70.1 Å². The molecule has 0 aliphatic carbocycles. The van der Waals surface area contributed by atoms with Crippen LogP contribution >= 0.6 is 0 Å². The van der Waals surface area contributed by atoms with Gasteiger partial charge in [-0.15, -0.1) is 0 Å². The Morgan fingerprint density at radius 1 is 0.971 bits per heavy atom. The van der Waals surface area contributed by atoms with Gasteiger partial charge in [0.15, 0.2) is 12.3 Å². The fourth-order valence-electron chi connectivity index (χ4n) is 3.19. The lowest BCUT2D eigenvalue weighted by Gasteiger charge is -2.13. The van der Waals surface area contributed by atoms with Gasteiger partial charge in [0.25, 0.3) is 11.5 Å². The second-order valence-electron chi connectivity index (χ2n) is 7.93. The zero-order valence-electron chi connectivity index (χ0n) is 19.4. The Balaban J connectivity index is 1.64. The van der Waals surface area contributed by atoms with Crippen molar-refractivity contribution < 1.29 is 23.9 Å². The molecule has 3 aromatic rings. The Morgan fingerprint density at radius 2 is 1.65 bits per heavy atom. The lowest BCUT2D eigenvalue weighted by atomic mass is 10.1. The van der Waals surface area contributed by atoms with Crippen LogP contribution in [0.4, 0.5) is 5.69 Å². The second kappa shape index (κ2) is 11.2. The van der Waals surface area contributed by atoms with E-state index in [0.29, 0.717) is 28.6 Å². The summed E-state index contributed by atoms with van der Waals surface area (Å²) in [7, 11) is 0. The summed E-state index contributed by atoms with van der Waals surface area (Å²) < 4.78 is 11.5. The number of nitrogens with zero attached hydrogens (tertiary/aromatic N) is 2. The highest BCUT2D eigenvalue weighted by atomic mass is 16.5. The molecule has 1 heterocycles. The smallest absolute Gasteiger partial charge is 0.359 e. The third kappa shape index (κ3) is 5.86. The number of aromatic nitrogens is 2. The van der Waals surface area contributed by atoms with Crippen LogP contribution in [0.25, 0.3) is 10.8 Å². The van der Waals surface area contributed by atoms with E-state index in [-0.39, 0.29) is 17.3 Å². The van der Waals surface area contributed by atoms with Gasteiger partial charge in [0.2, 0.25) is 0 Å². The molecule has 1 N–H and O–H groups in total. The maximum Gasteiger partial charge on any atom is 0.359 e. The standard InChI is InChI=1S/C25H27N3O6/c1-4-5-14-33-24(31)17-10-12-18(13-11-17)26-21(29)15-34-25(32)22-19-8-6-7-9-20(19)23(30)28(27-22)16(2)3/h6-13,16H,4-5,14-15H2,1-3H3,(H,26,29). The van der Waals surface area contributed by atoms with Crippen LogP contribution in [0, 0.1) is 0 Å². The van der Waals surface area contributed by atoms with E-state index in [1.165, 1.54) is 4.68 Å². The first-order chi connectivity index (χ1) is 16.3. The predicted molar refractivity (Wildman–Crippen MR) is 127 cm³/mol. The molecule has 1 amide bonds. The zero-order chi connectivity index (χ0) is 24.7. The van der Waals surface area contributed by atoms with Crippen LogP contribution in [-0.4, -0.2) is 40.8 Å². The molecule has 0 bridgehead atoms. The molecule has 0 aliphatic rings. The third-order valence-electron chi connectivity index (χ3n) is 4.98. The van der Waals surface area contributed by atoms with Crippen molar-refractivity contribution in [2.45, 2.75) is 39.7 Å². The number of esters is 2. The van der Waals surface area contributed by atoms with Gasteiger partial charge in [-0.1, -0.05) is 31.5 Å². The molecule has 2 aromatic carbocycles. The summed E-state index contributed by atoms with van der Waals surface area (Å²) in [5, 5.41) is 7.47. The largest absolute Gasteiger partial charge is 0.462 e. The molecule has 0 atom stereocenters. The molecule has 0 aliphatic heterocycles. The Labute approximate surface area is 196 Å². The summed E-state index contributed by atoms with van der Waals surface area (Å²) >= 11 is 0. The second-order valence-corrected chi connectivity index (χ2v) is 7.93. The van der Waals surface area contributed by atoms with Gasteiger partial charge in [0.1, 0.15) is 0 Å². The first-order valence-electron chi connectivity index (χ1n) is 11.1. The number of ether oxygens (including phenoxy) is 2. The van der Waals surface area contributed by atoms with Crippen molar-refractivity contribution in [2.24, 2.45) is 0 Å². The molecule has 3 rings (SSSR count). The molecule has 9 nitrogen and oxygen atoms in total. The van der Waals surface area contributed by atoms with Crippen molar-refractivity contribution in [2.75, 3.05) is 18.5 Å². The average Bonchev–Trinajstić information content (AvgIpc) is 2.83. The van der Waals surface area contributed by atoms with E-state index in [4.69, 9.17) is 9.47 Å². The summed E-state index contributed by atoms with van der Waals surface area (Å²) in [6.45, 7) is 5.38. The van der Waals surface area contributed by atoms with Gasteiger partial charge in [0, 0.05) is 11.1 Å². The maximum absolute atomic E-state index is 12.7. The number of anilines is 1. The molecule has 9 heteroatoms. The van der Waals surface area contributed by atoms with E-state index in [1.807, 2.05) is 6.92 Å². The number of benzene rings is 2. The summed E-state index contributed by atoms with van der Waals surface area (Å²) in [5.74, 6) is -1.80. The predicted octanol–water partition coefficient (Wildman–Crippen LogP) is 3.73. The highest BCUT2D eigenvalue weighted by molar-refractivity contribution is 6.03. The zero-order valence-corrected chi connectivity index (χ0v) is 19.4. The first kappa shape index (κ1) is 24.6. The molecular weight excluding hydrogens is 438 g/mol. The van der Waals surface area contributed by atoms with E-state index in [1.54, 1.807) is 62.4 Å². The van der Waals surface area contributed by atoms with E-state index in [0.717, 1.165) is 12.8 Å². The molecule has 0 unspecified atom stereocenters. The van der Waals surface area contributed by atoms with Gasteiger partial charge < -0.3 is 14.8 Å². The molecule has 0 saturated heterocycles. The highest BCUT2D eigenvalue weighted by Gasteiger charge is 2.20. The minimum absolute atomic E-state index is 0.0392. The van der Waals surface area contributed by atoms with Gasteiger partial charge >= 0.3 is 11.9 Å². The monoisotopic (exact) mass is 465 g/mol. The van der Waals surface area contributed by atoms with Crippen LogP contribution in [0.2, 0.25) is 0 Å². The van der Waals surface area contributed by atoms with Gasteiger partial charge in [-0.2, -0.15) is 5.10 Å². The Morgan fingerprint density at radius 3 is 2.29 bits per heavy atom. The van der Waals surface area contributed by atoms with E-state index >= 15 is 0 Å². The quantitative estimate of drug-likeness (QED) is 0.378. The molecular formula is C25H27N3O6. The van der Waals surface area contributed by atoms with Crippen LogP contribution in [-0.2, 0) is 14.3 Å². The fraction of sp³-hybridized carbons (Fsp3) is 0.320. The summed E-state index contributed by atoms with van der Waals surface area (Å²) in [6, 6.07) is 12.6. The van der Waals surface area contributed by atoms with E-state index in [2.05, 4.69) is 10.4 Å². The number of unbranched alkanes of at least 4 members (excludes halogenated alkanes) is 1. The SMILES string of the molecule is CCCCOC(=O)c1ccc(NC(=O)COC(=O)c2nn(C(C)C)c(=O)c3ccccc23)cc1. The van der Waals surface area contributed by atoms with Gasteiger partial charge in [0.05, 0.1) is 23.6 Å². The van der Waals surface area contributed by atoms with Gasteiger partial charge in [-0.05, 0) is 50.6 Å². The molecule has 1 aromatic heterocycles. The Hall–Kier alpha value is -4.01. The molecule has 0 radical (unpaired) electrons. The highest BCUT2D eigenvalue weighted by Crippen LogP contribution is 2.16. The number of nitrogens with one attached hydrogen (secondary N) is 1. The summed E-state index contributed by atoms with van der Waals surface area (Å²) in [4.78, 5) is 49.5. The van der Waals surface area contributed by atoms with Crippen LogP contribution in [0.15, 0.2) is 53.3 Å². The Bertz CT molecular complexity index is 1250. The number of amides is 1. The molecule has 0 fully saturated rings. The number of fused-ring (bicyclic) bond motifs is 1. The molecule has 34 heavy (non-hydrogen) atoms. The summed E-state index contributed by atoms with van der Waals surface area (Å²) in [6.07, 6.45) is 1.72. The normalized spacial score (nSPS) is 10.8. The van der Waals surface area contributed by atoms with Crippen LogP contribution < -0.4 is 10.9 Å². The number of hydrogen-bond donors (Lipinski definition) is 1. The summed E-state index contributed by atoms with van der Waals surface area (Å²) in [5.41, 5.74) is 0.460. The molecule has 0 saturated carbocycles. The first-order valence-corrected chi connectivity index (χ1v) is 11.1. The minimum atomic E-state index is -0.814. The fourth-order valence-corrected chi connectivity index (χ4v) is 3.19. The van der Waals surface area contributed by atoms with Crippen molar-refractivity contribution >= 4 is 34.3 Å². The van der Waals surface area contributed by atoms with Gasteiger partial charge in [-0.3, -0.25) is 9.59 Å². The minimum Gasteiger partial charge on any atom is -0.462 e. The van der Waals surface area contributed by atoms with Crippen LogP contribution in [0.3, 0.4) is 0 Å². The van der Waals surface area contributed by atoms with Crippen molar-refractivity contribution in [1.29, 1.82) is 0 Å². The van der Waals surface area contributed by atoms with E-state index in [9.17, 15) is 19.2 Å². The number of hydrogen-bond acceptors (Lipinski definition) is 7. The van der Waals surface area contributed by atoms with Crippen molar-refractivity contribution in [1.82, 2.24) is 9.78 Å². The lowest BCUT2D eigenvalue weighted by molar-refractivity contribution is -0.119. The van der Waals surface area contributed by atoms with Crippen molar-refractivity contribution in [3.8, 4) is 0 Å². The van der Waals surface area contributed by atoms with Crippen LogP contribution in [0.1, 0.15) is 60.5 Å². The topological polar surface area (TPSA) is 117 Å². The Kier molecular flexibility index (Phi) is 8.13. The number of rotatable bonds is 9. The van der Waals surface area contributed by atoms with Gasteiger partial charge in [-0.25, -0.2) is 14.3 Å². The maximum atomic E-state index is 12.7. The van der Waals surface area contributed by atoms with Crippen molar-refractivity contribution in [3.63, 3.8) is 0 Å². The molecule has 0 spiro atoms. The lowest BCUT2D eigenvalue weighted by Crippen LogP contribution is -2.28. The molecule has 178 valence electrons. The van der Waals surface area contributed by atoms with Crippen LogP contribution in [0.5, 0.6) is 0 Å². The van der Waals surface area contributed by atoms with E-state index < -0.39 is 24.5 Å². The average molecular weight is 466 g/mol. The third-order valence-corrected chi connectivity index (χ3v) is 4.98.